The molecule has 3 rings (SSSR count). The maximum atomic E-state index is 13.7. The third-order valence-corrected chi connectivity index (χ3v) is 4.42. The fraction of sp³-hybridized carbons (Fsp3) is 0.769. The largest absolute Gasteiger partial charge is 0.498 e. The van der Waals surface area contributed by atoms with Gasteiger partial charge in [0.1, 0.15) is 5.67 Å². The van der Waals surface area contributed by atoms with E-state index >= 15 is 0 Å². The van der Waals surface area contributed by atoms with Crippen LogP contribution in [0.4, 0.5) is 4.39 Å². The summed E-state index contributed by atoms with van der Waals surface area (Å²) < 4.78 is 27.2. The van der Waals surface area contributed by atoms with Crippen molar-refractivity contribution >= 4 is 12.6 Å². The van der Waals surface area contributed by atoms with Crippen LogP contribution in [0.15, 0.2) is 12.4 Å². The highest BCUT2D eigenvalue weighted by Crippen LogP contribution is 2.41. The minimum atomic E-state index is -1.04. The van der Waals surface area contributed by atoms with Crippen molar-refractivity contribution in [2.45, 2.75) is 64.0 Å². The van der Waals surface area contributed by atoms with E-state index in [1.165, 1.54) is 0 Å². The Morgan fingerprint density at radius 2 is 1.84 bits per heavy atom. The van der Waals surface area contributed by atoms with Crippen LogP contribution in [-0.2, 0) is 15.9 Å². The van der Waals surface area contributed by atoms with Crippen LogP contribution in [0.25, 0.3) is 0 Å². The third kappa shape index (κ3) is 2.32. The van der Waals surface area contributed by atoms with Crippen LogP contribution < -0.4 is 5.46 Å². The van der Waals surface area contributed by atoms with Gasteiger partial charge in [-0.3, -0.25) is 4.68 Å². The van der Waals surface area contributed by atoms with Crippen molar-refractivity contribution < 1.29 is 13.7 Å². The average molecular weight is 266 g/mol. The first-order valence-electron chi connectivity index (χ1n) is 6.78. The summed E-state index contributed by atoms with van der Waals surface area (Å²) in [5, 5.41) is 4.20. The lowest BCUT2D eigenvalue weighted by Gasteiger charge is -2.32. The molecule has 2 aliphatic rings. The molecule has 19 heavy (non-hydrogen) atoms. The SMILES string of the molecule is CC1(C)OB(c2cnn(CC3(F)CC3)c2)OC1(C)C. The number of nitrogens with zero attached hydrogens (tertiary/aromatic N) is 2. The van der Waals surface area contributed by atoms with Gasteiger partial charge in [-0.1, -0.05) is 0 Å². The third-order valence-electron chi connectivity index (χ3n) is 4.42. The Labute approximate surface area is 113 Å². The topological polar surface area (TPSA) is 36.3 Å². The summed E-state index contributed by atoms with van der Waals surface area (Å²) in [5.41, 5.74) is -0.920. The lowest BCUT2D eigenvalue weighted by molar-refractivity contribution is 0.00578. The smallest absolute Gasteiger partial charge is 0.399 e. The Bertz CT molecular complexity index is 481. The molecule has 1 saturated heterocycles. The molecular weight excluding hydrogens is 246 g/mol. The Morgan fingerprint density at radius 1 is 1.26 bits per heavy atom. The maximum Gasteiger partial charge on any atom is 0.498 e. The first kappa shape index (κ1) is 13.1. The molecular formula is C13H20BFN2O2. The highest BCUT2D eigenvalue weighted by atomic mass is 19.1. The number of aromatic nitrogens is 2. The molecule has 1 aliphatic carbocycles. The van der Waals surface area contributed by atoms with Gasteiger partial charge in [-0.2, -0.15) is 5.10 Å². The van der Waals surface area contributed by atoms with Gasteiger partial charge in [0, 0.05) is 17.9 Å². The van der Waals surface area contributed by atoms with E-state index in [2.05, 4.69) is 5.10 Å². The molecule has 104 valence electrons. The second-order valence-electron chi connectivity index (χ2n) is 6.71. The van der Waals surface area contributed by atoms with Crippen LogP contribution in [0.2, 0.25) is 0 Å². The summed E-state index contributed by atoms with van der Waals surface area (Å²) in [6.45, 7) is 8.37. The zero-order valence-corrected chi connectivity index (χ0v) is 11.9. The molecule has 0 bridgehead atoms. The Hall–Kier alpha value is -0.875. The second kappa shape index (κ2) is 3.82. The summed E-state index contributed by atoms with van der Waals surface area (Å²) in [4.78, 5) is 0. The number of hydrogen-bond acceptors (Lipinski definition) is 3. The van der Waals surface area contributed by atoms with Gasteiger partial charge in [0.25, 0.3) is 0 Å². The molecule has 2 heterocycles. The van der Waals surface area contributed by atoms with E-state index in [1.807, 2.05) is 33.9 Å². The zero-order chi connectivity index (χ0) is 13.9. The summed E-state index contributed by atoms with van der Waals surface area (Å²) in [5.74, 6) is 0. The highest BCUT2D eigenvalue weighted by Gasteiger charge is 2.52. The van der Waals surface area contributed by atoms with Crippen molar-refractivity contribution in [1.29, 1.82) is 0 Å². The van der Waals surface area contributed by atoms with Crippen LogP contribution in [-0.4, -0.2) is 33.8 Å². The minimum Gasteiger partial charge on any atom is -0.399 e. The fourth-order valence-corrected chi connectivity index (χ4v) is 2.15. The highest BCUT2D eigenvalue weighted by molar-refractivity contribution is 6.61. The number of halogens is 1. The average Bonchev–Trinajstić information content (AvgIpc) is 2.74. The number of rotatable bonds is 3. The molecule has 0 spiro atoms. The first-order chi connectivity index (χ1) is 8.71. The van der Waals surface area contributed by atoms with E-state index in [0.717, 1.165) is 5.46 Å². The molecule has 0 N–H and O–H groups in total. The van der Waals surface area contributed by atoms with Crippen molar-refractivity contribution in [2.24, 2.45) is 0 Å². The quantitative estimate of drug-likeness (QED) is 0.781. The van der Waals surface area contributed by atoms with E-state index < -0.39 is 12.8 Å². The van der Waals surface area contributed by atoms with E-state index in [-0.39, 0.29) is 11.2 Å². The van der Waals surface area contributed by atoms with Crippen molar-refractivity contribution in [3.8, 4) is 0 Å². The van der Waals surface area contributed by atoms with Crippen LogP contribution in [0.3, 0.4) is 0 Å². The van der Waals surface area contributed by atoms with Gasteiger partial charge in [-0.15, -0.1) is 0 Å². The minimum absolute atomic E-state index is 0.326. The zero-order valence-electron chi connectivity index (χ0n) is 11.9. The second-order valence-corrected chi connectivity index (χ2v) is 6.71. The number of alkyl halides is 1. The molecule has 2 fully saturated rings. The summed E-state index contributed by atoms with van der Waals surface area (Å²) >= 11 is 0. The summed E-state index contributed by atoms with van der Waals surface area (Å²) in [6.07, 6.45) is 4.80. The Balaban J connectivity index is 1.74. The van der Waals surface area contributed by atoms with Gasteiger partial charge in [0.05, 0.1) is 17.7 Å². The molecule has 1 aromatic rings. The van der Waals surface area contributed by atoms with Crippen molar-refractivity contribution in [1.82, 2.24) is 9.78 Å². The van der Waals surface area contributed by atoms with Crippen LogP contribution in [0.5, 0.6) is 0 Å². The lowest BCUT2D eigenvalue weighted by Crippen LogP contribution is -2.41. The predicted octanol–water partition coefficient (Wildman–Crippen LogP) is 1.68. The fourth-order valence-electron chi connectivity index (χ4n) is 2.15. The Kier molecular flexibility index (Phi) is 2.64. The molecule has 0 amide bonds. The molecule has 0 radical (unpaired) electrons. The van der Waals surface area contributed by atoms with Gasteiger partial charge in [0.2, 0.25) is 0 Å². The molecule has 1 aliphatic heterocycles. The standard InChI is InChI=1S/C13H20BFN2O2/c1-11(2)12(3,4)19-14(18-11)10-7-16-17(8-10)9-13(15)5-6-13/h7-8H,5-6,9H2,1-4H3. The molecule has 0 aromatic carbocycles. The van der Waals surface area contributed by atoms with E-state index in [1.54, 1.807) is 10.9 Å². The number of hydrogen-bond donors (Lipinski definition) is 0. The van der Waals surface area contributed by atoms with Crippen LogP contribution in [0, 0.1) is 0 Å². The Morgan fingerprint density at radius 3 is 2.37 bits per heavy atom. The van der Waals surface area contributed by atoms with Gasteiger partial charge in [0.15, 0.2) is 0 Å². The van der Waals surface area contributed by atoms with Crippen LogP contribution in [0.1, 0.15) is 40.5 Å². The van der Waals surface area contributed by atoms with Crippen molar-refractivity contribution in [2.75, 3.05) is 0 Å². The van der Waals surface area contributed by atoms with Crippen LogP contribution >= 0.6 is 0 Å². The van der Waals surface area contributed by atoms with E-state index in [0.29, 0.717) is 19.4 Å². The molecule has 0 unspecified atom stereocenters. The summed E-state index contributed by atoms with van der Waals surface area (Å²) in [6, 6.07) is 0. The molecule has 4 nitrogen and oxygen atoms in total. The van der Waals surface area contributed by atoms with Crippen molar-refractivity contribution in [3.05, 3.63) is 12.4 Å². The first-order valence-corrected chi connectivity index (χ1v) is 6.78. The molecule has 1 aromatic heterocycles. The van der Waals surface area contributed by atoms with Gasteiger partial charge < -0.3 is 9.31 Å². The molecule has 6 heteroatoms. The van der Waals surface area contributed by atoms with Gasteiger partial charge >= 0.3 is 7.12 Å². The van der Waals surface area contributed by atoms with E-state index in [4.69, 9.17) is 9.31 Å². The normalized spacial score (nSPS) is 26.7. The van der Waals surface area contributed by atoms with Crippen molar-refractivity contribution in [3.63, 3.8) is 0 Å². The lowest BCUT2D eigenvalue weighted by atomic mass is 9.82. The molecule has 1 saturated carbocycles. The maximum absolute atomic E-state index is 13.7. The van der Waals surface area contributed by atoms with Gasteiger partial charge in [-0.25, -0.2) is 4.39 Å². The monoisotopic (exact) mass is 266 g/mol. The van der Waals surface area contributed by atoms with Gasteiger partial charge in [-0.05, 0) is 40.5 Å². The predicted molar refractivity (Wildman–Crippen MR) is 71.0 cm³/mol. The molecule has 0 atom stereocenters. The van der Waals surface area contributed by atoms with E-state index in [9.17, 15) is 4.39 Å². The summed E-state index contributed by atoms with van der Waals surface area (Å²) in [7, 11) is -0.423.